The Hall–Kier alpha value is -3.78. The summed E-state index contributed by atoms with van der Waals surface area (Å²) in [7, 11) is 4.57. The normalized spacial score (nSPS) is 16.8. The van der Waals surface area contributed by atoms with Gasteiger partial charge in [-0.15, -0.1) is 0 Å². The Morgan fingerprint density at radius 3 is 2.24 bits per heavy atom. The largest absolute Gasteiger partial charge is 0.493 e. The van der Waals surface area contributed by atoms with Crippen LogP contribution in [0.15, 0.2) is 60.7 Å². The third-order valence-electron chi connectivity index (χ3n) is 6.51. The molecule has 4 rings (SSSR count). The molecule has 1 saturated heterocycles. The third kappa shape index (κ3) is 5.80. The highest BCUT2D eigenvalue weighted by Crippen LogP contribution is 2.43. The molecule has 0 aromatic heterocycles. The number of nitrogens with one attached hydrogen (secondary N) is 1. The fourth-order valence-electron chi connectivity index (χ4n) is 4.62. The second-order valence-electron chi connectivity index (χ2n) is 8.74. The lowest BCUT2D eigenvalue weighted by Gasteiger charge is -2.21. The highest BCUT2D eigenvalue weighted by atomic mass is 35.5. The molecule has 0 saturated carbocycles. The number of halogens is 2. The topological polar surface area (TPSA) is 77.1 Å². The molecule has 7 nitrogen and oxygen atoms in total. The first-order chi connectivity index (χ1) is 17.8. The van der Waals surface area contributed by atoms with E-state index in [0.717, 1.165) is 11.1 Å². The number of methoxy groups -OCH3 is 3. The van der Waals surface area contributed by atoms with Gasteiger partial charge in [0.1, 0.15) is 5.82 Å². The molecular weight excluding hydrogens is 499 g/mol. The summed E-state index contributed by atoms with van der Waals surface area (Å²) in [6.45, 7) is 0.750. The van der Waals surface area contributed by atoms with E-state index >= 15 is 0 Å². The van der Waals surface area contributed by atoms with E-state index in [1.54, 1.807) is 53.4 Å². The average molecular weight is 527 g/mol. The molecule has 2 atom stereocenters. The zero-order chi connectivity index (χ0) is 26.5. The molecule has 3 aromatic carbocycles. The number of ether oxygens (including phenoxy) is 3. The zero-order valence-corrected chi connectivity index (χ0v) is 21.5. The van der Waals surface area contributed by atoms with Crippen LogP contribution >= 0.6 is 11.6 Å². The van der Waals surface area contributed by atoms with Crippen LogP contribution in [0.2, 0.25) is 5.02 Å². The van der Waals surface area contributed by atoms with Gasteiger partial charge in [-0.3, -0.25) is 9.59 Å². The molecule has 37 heavy (non-hydrogen) atoms. The number of carbonyl (C=O) groups is 2. The smallest absolute Gasteiger partial charge is 0.253 e. The van der Waals surface area contributed by atoms with E-state index in [1.165, 1.54) is 33.5 Å². The average Bonchev–Trinajstić information content (AvgIpc) is 3.37. The minimum absolute atomic E-state index is 0.210. The quantitative estimate of drug-likeness (QED) is 0.461. The molecule has 0 radical (unpaired) electrons. The van der Waals surface area contributed by atoms with Gasteiger partial charge in [0.05, 0.1) is 27.2 Å². The SMILES string of the molecule is COc1cc([C@H]2CN(C(=O)c3cccc(Cl)c3)C[C@@H]2C(=O)NCc2ccc(F)cc2)cc(OC)c1OC. The maximum absolute atomic E-state index is 13.4. The van der Waals surface area contributed by atoms with Crippen LogP contribution in [0.5, 0.6) is 17.2 Å². The van der Waals surface area contributed by atoms with Gasteiger partial charge in [0.25, 0.3) is 5.91 Å². The number of hydrogen-bond acceptors (Lipinski definition) is 5. The highest BCUT2D eigenvalue weighted by Gasteiger charge is 2.41. The summed E-state index contributed by atoms with van der Waals surface area (Å²) in [6.07, 6.45) is 0. The molecule has 0 unspecified atom stereocenters. The first-order valence-corrected chi connectivity index (χ1v) is 12.1. The molecule has 0 aliphatic carbocycles. The Balaban J connectivity index is 1.65. The van der Waals surface area contributed by atoms with Gasteiger partial charge < -0.3 is 24.4 Å². The van der Waals surface area contributed by atoms with Crippen molar-refractivity contribution in [1.29, 1.82) is 0 Å². The van der Waals surface area contributed by atoms with E-state index in [2.05, 4.69) is 5.32 Å². The van der Waals surface area contributed by atoms with Crippen molar-refractivity contribution >= 4 is 23.4 Å². The van der Waals surface area contributed by atoms with Crippen LogP contribution < -0.4 is 19.5 Å². The van der Waals surface area contributed by atoms with E-state index in [4.69, 9.17) is 25.8 Å². The molecule has 194 valence electrons. The van der Waals surface area contributed by atoms with Crippen LogP contribution in [0.1, 0.15) is 27.4 Å². The summed E-state index contributed by atoms with van der Waals surface area (Å²) in [5.74, 6) is -0.307. The maximum atomic E-state index is 13.4. The molecule has 3 aromatic rings. The second-order valence-corrected chi connectivity index (χ2v) is 9.17. The highest BCUT2D eigenvalue weighted by molar-refractivity contribution is 6.31. The Morgan fingerprint density at radius 1 is 0.973 bits per heavy atom. The summed E-state index contributed by atoms with van der Waals surface area (Å²) in [4.78, 5) is 28.4. The summed E-state index contributed by atoms with van der Waals surface area (Å²) >= 11 is 6.11. The van der Waals surface area contributed by atoms with E-state index < -0.39 is 5.92 Å². The van der Waals surface area contributed by atoms with Gasteiger partial charge in [-0.25, -0.2) is 4.39 Å². The molecule has 1 heterocycles. The Morgan fingerprint density at radius 2 is 1.65 bits per heavy atom. The minimum Gasteiger partial charge on any atom is -0.493 e. The molecule has 1 aliphatic heterocycles. The zero-order valence-electron chi connectivity index (χ0n) is 20.8. The number of benzene rings is 3. The molecule has 0 spiro atoms. The van der Waals surface area contributed by atoms with Crippen molar-refractivity contribution in [2.45, 2.75) is 12.5 Å². The molecule has 9 heteroatoms. The first kappa shape index (κ1) is 26.3. The van der Waals surface area contributed by atoms with Gasteiger partial charge in [0.15, 0.2) is 11.5 Å². The number of rotatable bonds is 8. The summed E-state index contributed by atoms with van der Waals surface area (Å²) in [5.41, 5.74) is 1.99. The van der Waals surface area contributed by atoms with Crippen LogP contribution in [0.25, 0.3) is 0 Å². The summed E-state index contributed by atoms with van der Waals surface area (Å²) in [6, 6.07) is 16.3. The lowest BCUT2D eigenvalue weighted by Crippen LogP contribution is -2.35. The molecule has 0 bridgehead atoms. The monoisotopic (exact) mass is 526 g/mol. The van der Waals surface area contributed by atoms with Gasteiger partial charge in [-0.05, 0) is 53.6 Å². The number of carbonyl (C=O) groups excluding carboxylic acids is 2. The molecule has 1 aliphatic rings. The molecule has 1 N–H and O–H groups in total. The number of likely N-dealkylation sites (tertiary alicyclic amines) is 1. The van der Waals surface area contributed by atoms with Crippen molar-refractivity contribution < 1.29 is 28.2 Å². The lowest BCUT2D eigenvalue weighted by atomic mass is 9.87. The van der Waals surface area contributed by atoms with E-state index in [9.17, 15) is 14.0 Å². The van der Waals surface area contributed by atoms with Gasteiger partial charge in [0.2, 0.25) is 11.7 Å². The predicted molar refractivity (Wildman–Crippen MR) is 138 cm³/mol. The predicted octanol–water partition coefficient (Wildman–Crippen LogP) is 4.68. The van der Waals surface area contributed by atoms with Crippen molar-refractivity contribution in [2.75, 3.05) is 34.4 Å². The van der Waals surface area contributed by atoms with Crippen LogP contribution in [0.3, 0.4) is 0 Å². The van der Waals surface area contributed by atoms with Crippen LogP contribution in [-0.2, 0) is 11.3 Å². The first-order valence-electron chi connectivity index (χ1n) is 11.7. The number of hydrogen-bond donors (Lipinski definition) is 1. The van der Waals surface area contributed by atoms with Crippen LogP contribution in [0.4, 0.5) is 4.39 Å². The minimum atomic E-state index is -0.550. The van der Waals surface area contributed by atoms with Gasteiger partial charge in [0, 0.05) is 36.1 Å². The van der Waals surface area contributed by atoms with Crippen LogP contribution in [-0.4, -0.2) is 51.1 Å². The van der Waals surface area contributed by atoms with Gasteiger partial charge in [-0.2, -0.15) is 0 Å². The van der Waals surface area contributed by atoms with E-state index in [1.807, 2.05) is 0 Å². The van der Waals surface area contributed by atoms with Crippen molar-refractivity contribution in [1.82, 2.24) is 10.2 Å². The Kier molecular flexibility index (Phi) is 8.18. The fraction of sp³-hybridized carbons (Fsp3) is 0.286. The standard InChI is InChI=1S/C28H28ClFN2O5/c1-35-24-12-19(13-25(36-2)26(24)37-3)22-15-32(28(34)18-5-4-6-20(29)11-18)16-23(22)27(33)31-14-17-7-9-21(30)10-8-17/h4-13,22-23H,14-16H2,1-3H3,(H,31,33)/t22-,23+/m1/s1. The third-order valence-corrected chi connectivity index (χ3v) is 6.75. The Bertz CT molecular complexity index is 1260. The van der Waals surface area contributed by atoms with Gasteiger partial charge in [-0.1, -0.05) is 29.8 Å². The second kappa shape index (κ2) is 11.5. The van der Waals surface area contributed by atoms with E-state index in [0.29, 0.717) is 34.4 Å². The molecular formula is C28H28ClFN2O5. The van der Waals surface area contributed by atoms with E-state index in [-0.39, 0.29) is 36.6 Å². The van der Waals surface area contributed by atoms with Crippen LogP contribution in [0, 0.1) is 11.7 Å². The van der Waals surface area contributed by atoms with Crippen molar-refractivity contribution in [3.63, 3.8) is 0 Å². The molecule has 2 amide bonds. The maximum Gasteiger partial charge on any atom is 0.253 e. The summed E-state index contributed by atoms with van der Waals surface area (Å²) < 4.78 is 29.7. The van der Waals surface area contributed by atoms with Crippen molar-refractivity contribution in [2.24, 2.45) is 5.92 Å². The number of amides is 2. The molecule has 1 fully saturated rings. The van der Waals surface area contributed by atoms with Crippen molar-refractivity contribution in [3.05, 3.63) is 88.2 Å². The fourth-order valence-corrected chi connectivity index (χ4v) is 4.81. The summed E-state index contributed by atoms with van der Waals surface area (Å²) in [5, 5.41) is 3.40. The van der Waals surface area contributed by atoms with Gasteiger partial charge >= 0.3 is 0 Å². The lowest BCUT2D eigenvalue weighted by molar-refractivity contribution is -0.125. The number of nitrogens with zero attached hydrogens (tertiary/aromatic N) is 1. The Labute approximate surface area is 220 Å². The van der Waals surface area contributed by atoms with Crippen molar-refractivity contribution in [3.8, 4) is 17.2 Å².